The lowest BCUT2D eigenvalue weighted by atomic mass is 9.89. The number of fused-ring (bicyclic) bond motifs is 4. The molecule has 23 heavy (non-hydrogen) atoms. The van der Waals surface area contributed by atoms with E-state index in [0.29, 0.717) is 0 Å². The van der Waals surface area contributed by atoms with E-state index >= 15 is 0 Å². The van der Waals surface area contributed by atoms with Gasteiger partial charge in [-0.25, -0.2) is 0 Å². The van der Waals surface area contributed by atoms with Gasteiger partial charge in [-0.2, -0.15) is 0 Å². The average molecular weight is 290 g/mol. The lowest BCUT2D eigenvalue weighted by Crippen LogP contribution is -1.91. The predicted molar refractivity (Wildman–Crippen MR) is 100 cm³/mol. The molecule has 106 valence electrons. The predicted octanol–water partition coefficient (Wildman–Crippen LogP) is 6.42. The van der Waals surface area contributed by atoms with Gasteiger partial charge in [0.05, 0.1) is 0 Å². The highest BCUT2D eigenvalue weighted by atomic mass is 14.3. The summed E-state index contributed by atoms with van der Waals surface area (Å²) in [7, 11) is 0. The molecule has 0 heteroatoms. The normalized spacial score (nSPS) is 14.9. The Bertz CT molecular complexity index is 1220. The van der Waals surface area contributed by atoms with E-state index in [-0.39, 0.29) is 0 Å². The van der Waals surface area contributed by atoms with Crippen molar-refractivity contribution in [3.63, 3.8) is 0 Å². The summed E-state index contributed by atoms with van der Waals surface area (Å²) in [6, 6.07) is 20.2. The standard InChI is InChI=1S/C23H14/c1-2-7-18-14(4-1)10-11-19-20(18)12-17-9-8-15-5-3-6-16-13-21(19)23(17)22(15)16/h1-5,7-13H,6H2. The van der Waals surface area contributed by atoms with Crippen LogP contribution in [0.25, 0.3) is 50.0 Å². The van der Waals surface area contributed by atoms with Gasteiger partial charge in [0.15, 0.2) is 0 Å². The summed E-state index contributed by atoms with van der Waals surface area (Å²) in [5.41, 5.74) is 5.73. The summed E-state index contributed by atoms with van der Waals surface area (Å²) in [4.78, 5) is 0. The van der Waals surface area contributed by atoms with Crippen LogP contribution >= 0.6 is 0 Å². The lowest BCUT2D eigenvalue weighted by molar-refractivity contribution is 1.40. The first-order valence-electron chi connectivity index (χ1n) is 8.19. The van der Waals surface area contributed by atoms with Crippen LogP contribution in [0.1, 0.15) is 23.1 Å². The zero-order valence-electron chi connectivity index (χ0n) is 12.6. The minimum Gasteiger partial charge on any atom is -0.0795 e. The number of allylic oxidation sites excluding steroid dienone is 2. The van der Waals surface area contributed by atoms with Gasteiger partial charge in [0.1, 0.15) is 0 Å². The SMILES string of the molecule is C1=Cc2ccc3cc4c(ccc5ccccc54)c4c3c2C(=C4)C1. The van der Waals surface area contributed by atoms with Crippen LogP contribution < -0.4 is 0 Å². The van der Waals surface area contributed by atoms with Gasteiger partial charge in [-0.05, 0) is 73.1 Å². The minimum atomic E-state index is 1.05. The Labute approximate surface area is 134 Å². The Morgan fingerprint density at radius 2 is 1.65 bits per heavy atom. The van der Waals surface area contributed by atoms with Crippen molar-refractivity contribution in [2.24, 2.45) is 0 Å². The molecule has 0 unspecified atom stereocenters. The summed E-state index contributed by atoms with van der Waals surface area (Å²) in [5, 5.41) is 8.23. The second-order valence-electron chi connectivity index (χ2n) is 6.58. The van der Waals surface area contributed by atoms with Crippen LogP contribution in [0.4, 0.5) is 0 Å². The number of benzene rings is 4. The van der Waals surface area contributed by atoms with Crippen LogP contribution in [0.5, 0.6) is 0 Å². The molecule has 0 spiro atoms. The zero-order valence-corrected chi connectivity index (χ0v) is 12.6. The molecule has 2 aliphatic rings. The van der Waals surface area contributed by atoms with Crippen molar-refractivity contribution < 1.29 is 0 Å². The zero-order chi connectivity index (χ0) is 15.0. The topological polar surface area (TPSA) is 0 Å². The molecule has 0 N–H and O–H groups in total. The average Bonchev–Trinajstić information content (AvgIpc) is 3.00. The van der Waals surface area contributed by atoms with E-state index in [4.69, 9.17) is 0 Å². The monoisotopic (exact) mass is 290 g/mol. The Kier molecular flexibility index (Phi) is 1.98. The van der Waals surface area contributed by atoms with Gasteiger partial charge in [0, 0.05) is 0 Å². The molecule has 0 atom stereocenters. The first kappa shape index (κ1) is 11.7. The van der Waals surface area contributed by atoms with Crippen LogP contribution in [-0.4, -0.2) is 0 Å². The fourth-order valence-electron chi connectivity index (χ4n) is 4.38. The second kappa shape index (κ2) is 3.91. The third-order valence-corrected chi connectivity index (χ3v) is 5.37. The van der Waals surface area contributed by atoms with Gasteiger partial charge in [0.25, 0.3) is 0 Å². The Morgan fingerprint density at radius 1 is 0.739 bits per heavy atom. The van der Waals surface area contributed by atoms with Crippen LogP contribution in [0, 0.1) is 0 Å². The Balaban J connectivity index is 1.91. The first-order chi connectivity index (χ1) is 11.4. The van der Waals surface area contributed by atoms with E-state index in [1.807, 2.05) is 0 Å². The highest BCUT2D eigenvalue weighted by Gasteiger charge is 2.22. The molecule has 0 aromatic heterocycles. The Morgan fingerprint density at radius 3 is 2.65 bits per heavy atom. The smallest absolute Gasteiger partial charge is 0.00234 e. The lowest BCUT2D eigenvalue weighted by Gasteiger charge is -2.14. The van der Waals surface area contributed by atoms with Crippen molar-refractivity contribution in [1.29, 1.82) is 0 Å². The van der Waals surface area contributed by atoms with Gasteiger partial charge in [-0.1, -0.05) is 60.7 Å². The fourth-order valence-corrected chi connectivity index (χ4v) is 4.38. The van der Waals surface area contributed by atoms with Gasteiger partial charge >= 0.3 is 0 Å². The number of rotatable bonds is 0. The maximum atomic E-state index is 2.42. The largest absolute Gasteiger partial charge is 0.0795 e. The molecule has 0 amide bonds. The molecule has 0 saturated heterocycles. The third-order valence-electron chi connectivity index (χ3n) is 5.37. The van der Waals surface area contributed by atoms with Crippen molar-refractivity contribution in [1.82, 2.24) is 0 Å². The summed E-state index contributed by atoms with van der Waals surface area (Å²) in [6.45, 7) is 0. The molecule has 0 aliphatic heterocycles. The van der Waals surface area contributed by atoms with Crippen molar-refractivity contribution in [2.45, 2.75) is 6.42 Å². The molecule has 0 nitrogen and oxygen atoms in total. The highest BCUT2D eigenvalue weighted by molar-refractivity contribution is 6.23. The van der Waals surface area contributed by atoms with Crippen molar-refractivity contribution in [3.05, 3.63) is 77.4 Å². The molecule has 0 saturated carbocycles. The minimum absolute atomic E-state index is 1.05. The van der Waals surface area contributed by atoms with E-state index in [9.17, 15) is 0 Å². The number of hydrogen-bond acceptors (Lipinski definition) is 0. The fraction of sp³-hybridized carbons (Fsp3) is 0.0435. The summed E-state index contributed by atoms with van der Waals surface area (Å²) < 4.78 is 0. The summed E-state index contributed by atoms with van der Waals surface area (Å²) in [6.07, 6.45) is 8.02. The first-order valence-corrected chi connectivity index (χ1v) is 8.19. The molecule has 2 aliphatic carbocycles. The molecule has 0 bridgehead atoms. The molecular formula is C23H14. The van der Waals surface area contributed by atoms with Gasteiger partial charge in [0.2, 0.25) is 0 Å². The third kappa shape index (κ3) is 1.37. The van der Waals surface area contributed by atoms with Crippen LogP contribution in [0.2, 0.25) is 0 Å². The quantitative estimate of drug-likeness (QED) is 0.259. The number of hydrogen-bond donors (Lipinski definition) is 0. The summed E-state index contributed by atoms with van der Waals surface area (Å²) in [5.74, 6) is 0. The maximum Gasteiger partial charge on any atom is -0.00234 e. The van der Waals surface area contributed by atoms with Crippen molar-refractivity contribution >= 4 is 50.0 Å². The maximum absolute atomic E-state index is 2.42. The van der Waals surface area contributed by atoms with E-state index in [1.54, 1.807) is 0 Å². The molecule has 4 aromatic rings. The van der Waals surface area contributed by atoms with Crippen molar-refractivity contribution in [2.75, 3.05) is 0 Å². The van der Waals surface area contributed by atoms with E-state index < -0.39 is 0 Å². The van der Waals surface area contributed by atoms with Crippen LogP contribution in [-0.2, 0) is 0 Å². The van der Waals surface area contributed by atoms with Crippen LogP contribution in [0.15, 0.2) is 60.7 Å². The van der Waals surface area contributed by atoms with E-state index in [1.165, 1.54) is 54.6 Å². The van der Waals surface area contributed by atoms with Gasteiger partial charge < -0.3 is 0 Å². The summed E-state index contributed by atoms with van der Waals surface area (Å²) >= 11 is 0. The molecule has 6 rings (SSSR count). The second-order valence-corrected chi connectivity index (χ2v) is 6.58. The Hall–Kier alpha value is -2.86. The molecular weight excluding hydrogens is 276 g/mol. The van der Waals surface area contributed by atoms with Crippen LogP contribution in [0.3, 0.4) is 0 Å². The molecule has 0 radical (unpaired) electrons. The highest BCUT2D eigenvalue weighted by Crippen LogP contribution is 2.46. The van der Waals surface area contributed by atoms with Gasteiger partial charge in [-0.15, -0.1) is 0 Å². The van der Waals surface area contributed by atoms with E-state index in [0.717, 1.165) is 6.42 Å². The molecule has 0 fully saturated rings. The molecule has 0 heterocycles. The van der Waals surface area contributed by atoms with E-state index in [2.05, 4.69) is 72.8 Å². The van der Waals surface area contributed by atoms with Crippen molar-refractivity contribution in [3.8, 4) is 0 Å². The molecule has 4 aromatic carbocycles. The van der Waals surface area contributed by atoms with Gasteiger partial charge in [-0.3, -0.25) is 0 Å².